The van der Waals surface area contributed by atoms with Crippen molar-refractivity contribution >= 4 is 16.9 Å². The smallest absolute Gasteiger partial charge is 0.207 e. The van der Waals surface area contributed by atoms with Crippen molar-refractivity contribution in [1.29, 1.82) is 0 Å². The summed E-state index contributed by atoms with van der Waals surface area (Å²) >= 11 is 0. The standard InChI is InChI=1S/C28H36FNO4/c1-17(21-9-11-22(29)12-10-21)13-16-33-27-25(32-15-8-14-28(5,6)7)23(19(3)31)18(2)24-26(27)34-20(4)30-24/h9-12,17H,8,13-16H2,1-7H3. The third-order valence-electron chi connectivity index (χ3n) is 6.01. The largest absolute Gasteiger partial charge is 0.489 e. The number of ether oxygens (including phenoxy) is 2. The molecule has 1 aromatic heterocycles. The Balaban J connectivity index is 1.89. The van der Waals surface area contributed by atoms with Crippen LogP contribution in [0.2, 0.25) is 0 Å². The van der Waals surface area contributed by atoms with Crippen LogP contribution in [-0.4, -0.2) is 24.0 Å². The summed E-state index contributed by atoms with van der Waals surface area (Å²) in [6.45, 7) is 14.7. The van der Waals surface area contributed by atoms with Gasteiger partial charge < -0.3 is 13.9 Å². The average Bonchev–Trinajstić information content (AvgIpc) is 3.14. The zero-order valence-corrected chi connectivity index (χ0v) is 21.4. The number of rotatable bonds is 10. The Morgan fingerprint density at radius 2 is 1.74 bits per heavy atom. The number of aromatic nitrogens is 1. The molecule has 0 aliphatic carbocycles. The molecule has 3 rings (SSSR count). The van der Waals surface area contributed by atoms with Crippen LogP contribution >= 0.6 is 0 Å². The number of carbonyl (C=O) groups excluding carboxylic acids is 1. The van der Waals surface area contributed by atoms with Crippen LogP contribution in [0.15, 0.2) is 28.7 Å². The maximum absolute atomic E-state index is 13.3. The van der Waals surface area contributed by atoms with Gasteiger partial charge in [0.2, 0.25) is 11.3 Å². The first-order chi connectivity index (χ1) is 16.0. The van der Waals surface area contributed by atoms with Gasteiger partial charge in [0.25, 0.3) is 0 Å². The van der Waals surface area contributed by atoms with Crippen LogP contribution in [-0.2, 0) is 0 Å². The van der Waals surface area contributed by atoms with Crippen molar-refractivity contribution in [3.63, 3.8) is 0 Å². The molecular formula is C28H36FNO4. The van der Waals surface area contributed by atoms with Gasteiger partial charge in [-0.3, -0.25) is 4.79 Å². The predicted molar refractivity (Wildman–Crippen MR) is 133 cm³/mol. The second-order valence-corrected chi connectivity index (χ2v) is 10.2. The minimum absolute atomic E-state index is 0.101. The highest BCUT2D eigenvalue weighted by Gasteiger charge is 2.27. The summed E-state index contributed by atoms with van der Waals surface area (Å²) in [5.41, 5.74) is 3.57. The second-order valence-electron chi connectivity index (χ2n) is 10.2. The number of aryl methyl sites for hydroxylation is 2. The van der Waals surface area contributed by atoms with Crippen molar-refractivity contribution in [1.82, 2.24) is 4.98 Å². The second kappa shape index (κ2) is 10.6. The molecular weight excluding hydrogens is 433 g/mol. The number of oxazole rings is 1. The molecule has 2 aromatic carbocycles. The van der Waals surface area contributed by atoms with E-state index in [2.05, 4.69) is 32.7 Å². The van der Waals surface area contributed by atoms with Crippen LogP contribution in [0.3, 0.4) is 0 Å². The minimum atomic E-state index is -0.250. The molecule has 0 fully saturated rings. The third-order valence-corrected chi connectivity index (χ3v) is 6.01. The maximum Gasteiger partial charge on any atom is 0.207 e. The zero-order valence-electron chi connectivity index (χ0n) is 21.4. The first kappa shape index (κ1) is 25.7. The normalized spacial score (nSPS) is 12.7. The first-order valence-corrected chi connectivity index (χ1v) is 11.9. The zero-order chi connectivity index (χ0) is 25.0. The molecule has 0 aliphatic heterocycles. The van der Waals surface area contributed by atoms with E-state index in [4.69, 9.17) is 13.9 Å². The molecule has 1 heterocycles. The minimum Gasteiger partial charge on any atom is -0.489 e. The number of ketones is 1. The summed E-state index contributed by atoms with van der Waals surface area (Å²) in [6, 6.07) is 6.52. The highest BCUT2D eigenvalue weighted by molar-refractivity contribution is 6.05. The molecule has 0 radical (unpaired) electrons. The van der Waals surface area contributed by atoms with E-state index in [1.807, 2.05) is 6.92 Å². The molecule has 5 nitrogen and oxygen atoms in total. The number of Topliss-reactive ketones (excluding diaryl/α,β-unsaturated/α-hetero) is 1. The number of fused-ring (bicyclic) bond motifs is 1. The Hall–Kier alpha value is -2.89. The molecule has 0 saturated carbocycles. The van der Waals surface area contributed by atoms with Crippen LogP contribution in [0.1, 0.15) is 87.2 Å². The van der Waals surface area contributed by atoms with E-state index in [0.717, 1.165) is 24.0 Å². The molecule has 0 amide bonds. The maximum atomic E-state index is 13.3. The number of hydrogen-bond donors (Lipinski definition) is 0. The molecule has 1 unspecified atom stereocenters. The van der Waals surface area contributed by atoms with Crippen LogP contribution in [0, 0.1) is 25.1 Å². The van der Waals surface area contributed by atoms with E-state index in [-0.39, 0.29) is 22.9 Å². The summed E-state index contributed by atoms with van der Waals surface area (Å²) < 4.78 is 31.6. The topological polar surface area (TPSA) is 61.6 Å². The van der Waals surface area contributed by atoms with Gasteiger partial charge in [0.15, 0.2) is 17.4 Å². The van der Waals surface area contributed by atoms with Gasteiger partial charge in [0.1, 0.15) is 11.3 Å². The molecule has 1 atom stereocenters. The lowest BCUT2D eigenvalue weighted by molar-refractivity contribution is 0.101. The summed E-state index contributed by atoms with van der Waals surface area (Å²) in [6.07, 6.45) is 2.55. The van der Waals surface area contributed by atoms with Gasteiger partial charge in [-0.05, 0) is 67.7 Å². The van der Waals surface area contributed by atoms with Crippen molar-refractivity contribution in [3.8, 4) is 11.5 Å². The van der Waals surface area contributed by atoms with Gasteiger partial charge in [0.05, 0.1) is 18.8 Å². The predicted octanol–water partition coefficient (Wildman–Crippen LogP) is 7.56. The van der Waals surface area contributed by atoms with Gasteiger partial charge >= 0.3 is 0 Å². The number of carbonyl (C=O) groups is 1. The van der Waals surface area contributed by atoms with Gasteiger partial charge in [-0.25, -0.2) is 9.37 Å². The fourth-order valence-corrected chi connectivity index (χ4v) is 4.11. The molecule has 184 valence electrons. The lowest BCUT2D eigenvalue weighted by atomic mass is 9.91. The Labute approximate surface area is 201 Å². The van der Waals surface area contributed by atoms with Crippen LogP contribution < -0.4 is 9.47 Å². The molecule has 0 spiro atoms. The van der Waals surface area contributed by atoms with Crippen molar-refractivity contribution in [2.75, 3.05) is 13.2 Å². The van der Waals surface area contributed by atoms with Crippen molar-refractivity contribution in [2.24, 2.45) is 5.41 Å². The van der Waals surface area contributed by atoms with E-state index in [1.165, 1.54) is 19.1 Å². The Kier molecular flexibility index (Phi) is 8.01. The Morgan fingerprint density at radius 1 is 1.09 bits per heavy atom. The third kappa shape index (κ3) is 6.16. The van der Waals surface area contributed by atoms with Crippen LogP contribution in [0.25, 0.3) is 11.1 Å². The number of nitrogens with zero attached hydrogens (tertiary/aromatic N) is 1. The monoisotopic (exact) mass is 469 g/mol. The number of halogens is 1. The molecule has 34 heavy (non-hydrogen) atoms. The van der Waals surface area contributed by atoms with E-state index in [0.29, 0.717) is 53.7 Å². The average molecular weight is 470 g/mol. The molecule has 0 saturated heterocycles. The Bertz CT molecular complexity index is 1140. The first-order valence-electron chi connectivity index (χ1n) is 11.9. The van der Waals surface area contributed by atoms with E-state index < -0.39 is 0 Å². The van der Waals surface area contributed by atoms with Gasteiger partial charge in [-0.15, -0.1) is 0 Å². The molecule has 6 heteroatoms. The lowest BCUT2D eigenvalue weighted by Crippen LogP contribution is -2.12. The SMILES string of the molecule is CC(=O)c1c(OCCCC(C)(C)C)c(OCCC(C)c2ccc(F)cc2)c2oc(C)nc2c1C. The van der Waals surface area contributed by atoms with Crippen molar-refractivity contribution in [3.05, 3.63) is 52.7 Å². The number of benzene rings is 2. The molecule has 0 bridgehead atoms. The summed E-state index contributed by atoms with van der Waals surface area (Å²) in [4.78, 5) is 17.1. The summed E-state index contributed by atoms with van der Waals surface area (Å²) in [7, 11) is 0. The lowest BCUT2D eigenvalue weighted by Gasteiger charge is -2.20. The van der Waals surface area contributed by atoms with Crippen LogP contribution in [0.5, 0.6) is 11.5 Å². The van der Waals surface area contributed by atoms with Crippen molar-refractivity contribution in [2.45, 2.75) is 73.6 Å². The molecule has 0 aliphatic rings. The summed E-state index contributed by atoms with van der Waals surface area (Å²) in [5, 5.41) is 0. The number of hydrogen-bond acceptors (Lipinski definition) is 5. The quantitative estimate of drug-likeness (QED) is 0.226. The molecule has 3 aromatic rings. The van der Waals surface area contributed by atoms with E-state index in [9.17, 15) is 9.18 Å². The fraction of sp³-hybridized carbons (Fsp3) is 0.500. The molecule has 0 N–H and O–H groups in total. The van der Waals surface area contributed by atoms with Crippen LogP contribution in [0.4, 0.5) is 4.39 Å². The summed E-state index contributed by atoms with van der Waals surface area (Å²) in [5.74, 6) is 1.17. The van der Waals surface area contributed by atoms with Gasteiger partial charge in [0, 0.05) is 6.92 Å². The highest BCUT2D eigenvalue weighted by Crippen LogP contribution is 2.43. The van der Waals surface area contributed by atoms with E-state index >= 15 is 0 Å². The highest BCUT2D eigenvalue weighted by atomic mass is 19.1. The van der Waals surface area contributed by atoms with Gasteiger partial charge in [-0.1, -0.05) is 39.8 Å². The van der Waals surface area contributed by atoms with Gasteiger partial charge in [-0.2, -0.15) is 0 Å². The fourth-order valence-electron chi connectivity index (χ4n) is 4.11. The van der Waals surface area contributed by atoms with Crippen molar-refractivity contribution < 1.29 is 23.1 Å². The van der Waals surface area contributed by atoms with E-state index in [1.54, 1.807) is 19.1 Å². The Morgan fingerprint density at radius 3 is 2.35 bits per heavy atom.